The molecule has 0 aliphatic rings. The first kappa shape index (κ1) is 27.3. The summed E-state index contributed by atoms with van der Waals surface area (Å²) in [5.74, 6) is -0.379. The Morgan fingerprint density at radius 1 is 0.763 bits per heavy atom. The van der Waals surface area contributed by atoms with Crippen LogP contribution in [0, 0.1) is 3.57 Å². The van der Waals surface area contributed by atoms with Crippen molar-refractivity contribution in [3.05, 3.63) is 112 Å². The molecule has 0 fully saturated rings. The van der Waals surface area contributed by atoms with Gasteiger partial charge in [0.25, 0.3) is 0 Å². The molecule has 9 heteroatoms. The molecule has 4 rings (SSSR count). The summed E-state index contributed by atoms with van der Waals surface area (Å²) in [6.45, 7) is 0. The predicted molar refractivity (Wildman–Crippen MR) is 159 cm³/mol. The molecule has 3 amide bonds. The number of nitrogens with one attached hydrogen (secondary N) is 3. The van der Waals surface area contributed by atoms with Crippen LogP contribution in [0.1, 0.15) is 5.56 Å². The smallest absolute Gasteiger partial charge is 0.319 e. The molecule has 1 unspecified atom stereocenters. The van der Waals surface area contributed by atoms with Crippen LogP contribution >= 0.6 is 22.6 Å². The van der Waals surface area contributed by atoms with Gasteiger partial charge in [0.1, 0.15) is 6.04 Å². The average molecular weight is 640 g/mol. The molecule has 7 nitrogen and oxygen atoms in total. The molecule has 0 spiro atoms. The number of carbonyl (C=O) groups is 2. The minimum Gasteiger partial charge on any atom is -0.326 e. The predicted octanol–water partition coefficient (Wildman–Crippen LogP) is 5.73. The minimum atomic E-state index is -3.40. The van der Waals surface area contributed by atoms with Crippen molar-refractivity contribution in [2.45, 2.75) is 17.4 Å². The quantitative estimate of drug-likeness (QED) is 0.214. The fraction of sp³-hybridized carbons (Fsp3) is 0.103. The van der Waals surface area contributed by atoms with Gasteiger partial charge in [-0.2, -0.15) is 0 Å². The zero-order valence-corrected chi connectivity index (χ0v) is 23.5. The third-order valence-corrected chi connectivity index (χ3v) is 7.63. The molecular weight excluding hydrogens is 613 g/mol. The van der Waals surface area contributed by atoms with Crippen molar-refractivity contribution < 1.29 is 18.0 Å². The number of amides is 3. The summed E-state index contributed by atoms with van der Waals surface area (Å²) >= 11 is 2.18. The second-order valence-electron chi connectivity index (χ2n) is 8.68. The molecule has 0 aliphatic heterocycles. The summed E-state index contributed by atoms with van der Waals surface area (Å²) in [6, 6.07) is 29.1. The lowest BCUT2D eigenvalue weighted by atomic mass is 10.0. The topological polar surface area (TPSA) is 104 Å². The van der Waals surface area contributed by atoms with Crippen LogP contribution in [0.2, 0.25) is 0 Å². The van der Waals surface area contributed by atoms with E-state index in [4.69, 9.17) is 0 Å². The first-order chi connectivity index (χ1) is 18.2. The van der Waals surface area contributed by atoms with Crippen molar-refractivity contribution in [3.63, 3.8) is 0 Å². The van der Waals surface area contributed by atoms with E-state index < -0.39 is 21.9 Å². The Balaban J connectivity index is 1.50. The van der Waals surface area contributed by atoms with Crippen LogP contribution in [-0.4, -0.2) is 32.7 Å². The largest absolute Gasteiger partial charge is 0.326 e. The number of sulfone groups is 1. The monoisotopic (exact) mass is 639 g/mol. The Hall–Kier alpha value is -3.70. The average Bonchev–Trinajstić information content (AvgIpc) is 2.90. The van der Waals surface area contributed by atoms with E-state index in [-0.39, 0.29) is 10.8 Å². The molecule has 0 saturated heterocycles. The van der Waals surface area contributed by atoms with Gasteiger partial charge in [-0.1, -0.05) is 60.7 Å². The first-order valence-corrected chi connectivity index (χ1v) is 14.7. The van der Waals surface area contributed by atoms with E-state index in [1.807, 2.05) is 42.5 Å². The second kappa shape index (κ2) is 12.2. The number of halogens is 1. The molecule has 3 N–H and O–H groups in total. The van der Waals surface area contributed by atoms with Gasteiger partial charge in [-0.15, -0.1) is 0 Å². The van der Waals surface area contributed by atoms with Crippen LogP contribution in [0.5, 0.6) is 0 Å². The van der Waals surface area contributed by atoms with Crippen LogP contribution in [0.4, 0.5) is 16.2 Å². The van der Waals surface area contributed by atoms with Gasteiger partial charge in [0.05, 0.1) is 4.90 Å². The Labute approximate surface area is 235 Å². The van der Waals surface area contributed by atoms with E-state index >= 15 is 0 Å². The number of benzene rings is 4. The van der Waals surface area contributed by atoms with Crippen molar-refractivity contribution in [2.24, 2.45) is 0 Å². The van der Waals surface area contributed by atoms with Crippen LogP contribution in [0.3, 0.4) is 0 Å². The van der Waals surface area contributed by atoms with E-state index in [0.29, 0.717) is 28.9 Å². The summed E-state index contributed by atoms with van der Waals surface area (Å²) in [6.07, 6.45) is 1.47. The lowest BCUT2D eigenvalue weighted by Crippen LogP contribution is -2.46. The third kappa shape index (κ3) is 7.42. The summed E-state index contributed by atoms with van der Waals surface area (Å²) in [7, 11) is -3.40. The van der Waals surface area contributed by atoms with Crippen LogP contribution in [0.25, 0.3) is 11.1 Å². The van der Waals surface area contributed by atoms with Crippen molar-refractivity contribution in [1.29, 1.82) is 0 Å². The highest BCUT2D eigenvalue weighted by Crippen LogP contribution is 2.28. The maximum Gasteiger partial charge on any atom is 0.319 e. The standard InChI is InChI=1S/C29H26IN3O4S/c1-38(36,37)27-10-6-5-9-25(27)21-11-15-23(16-12-21)31-28(34)26(19-20-7-3-2-4-8-20)33-29(35)32-24-17-13-22(30)14-18-24/h2-18,26H,19H2,1H3,(H,31,34)(H2,32,33,35). The van der Waals surface area contributed by atoms with E-state index in [2.05, 4.69) is 38.5 Å². The maximum absolute atomic E-state index is 13.3. The van der Waals surface area contributed by atoms with Gasteiger partial charge in [0.2, 0.25) is 5.91 Å². The number of rotatable bonds is 8. The zero-order valence-electron chi connectivity index (χ0n) is 20.5. The fourth-order valence-electron chi connectivity index (χ4n) is 3.91. The molecule has 0 radical (unpaired) electrons. The molecule has 4 aromatic rings. The Bertz CT molecular complexity index is 1520. The summed E-state index contributed by atoms with van der Waals surface area (Å²) in [5, 5.41) is 8.41. The Kier molecular flexibility index (Phi) is 8.80. The van der Waals surface area contributed by atoms with E-state index in [1.165, 1.54) is 6.26 Å². The number of anilines is 2. The molecule has 4 aromatic carbocycles. The van der Waals surface area contributed by atoms with Gasteiger partial charge in [0, 0.05) is 33.2 Å². The summed E-state index contributed by atoms with van der Waals surface area (Å²) < 4.78 is 25.4. The number of hydrogen-bond acceptors (Lipinski definition) is 4. The first-order valence-electron chi connectivity index (χ1n) is 11.8. The number of hydrogen-bond donors (Lipinski definition) is 3. The molecule has 0 bridgehead atoms. The molecule has 0 heterocycles. The molecule has 38 heavy (non-hydrogen) atoms. The summed E-state index contributed by atoms with van der Waals surface area (Å²) in [4.78, 5) is 26.2. The zero-order chi connectivity index (χ0) is 27.1. The normalized spacial score (nSPS) is 11.8. The van der Waals surface area contributed by atoms with E-state index in [0.717, 1.165) is 9.13 Å². The number of urea groups is 1. The van der Waals surface area contributed by atoms with Crippen molar-refractivity contribution in [1.82, 2.24) is 5.32 Å². The van der Waals surface area contributed by atoms with Crippen LogP contribution < -0.4 is 16.0 Å². The van der Waals surface area contributed by atoms with Gasteiger partial charge in [-0.25, -0.2) is 13.2 Å². The summed E-state index contributed by atoms with van der Waals surface area (Å²) in [5.41, 5.74) is 3.33. The van der Waals surface area contributed by atoms with Gasteiger partial charge in [-0.3, -0.25) is 4.79 Å². The molecule has 0 aromatic heterocycles. The lowest BCUT2D eigenvalue weighted by Gasteiger charge is -2.19. The highest BCUT2D eigenvalue weighted by atomic mass is 127. The van der Waals surface area contributed by atoms with Crippen LogP contribution in [0.15, 0.2) is 108 Å². The Morgan fingerprint density at radius 2 is 1.34 bits per heavy atom. The third-order valence-electron chi connectivity index (χ3n) is 5.76. The molecule has 194 valence electrons. The van der Waals surface area contributed by atoms with Gasteiger partial charge < -0.3 is 16.0 Å². The van der Waals surface area contributed by atoms with Crippen molar-refractivity contribution >= 4 is 55.7 Å². The van der Waals surface area contributed by atoms with Crippen LogP contribution in [-0.2, 0) is 21.1 Å². The minimum absolute atomic E-state index is 0.239. The van der Waals surface area contributed by atoms with Gasteiger partial charge in [0.15, 0.2) is 9.84 Å². The maximum atomic E-state index is 13.3. The van der Waals surface area contributed by atoms with Crippen molar-refractivity contribution in [2.75, 3.05) is 16.9 Å². The van der Waals surface area contributed by atoms with Crippen molar-refractivity contribution in [3.8, 4) is 11.1 Å². The highest BCUT2D eigenvalue weighted by molar-refractivity contribution is 14.1. The second-order valence-corrected chi connectivity index (χ2v) is 11.9. The van der Waals surface area contributed by atoms with Gasteiger partial charge >= 0.3 is 6.03 Å². The fourth-order valence-corrected chi connectivity index (χ4v) is 5.18. The highest BCUT2D eigenvalue weighted by Gasteiger charge is 2.22. The lowest BCUT2D eigenvalue weighted by molar-refractivity contribution is -0.117. The Morgan fingerprint density at radius 3 is 2.00 bits per heavy atom. The molecule has 1 atom stereocenters. The van der Waals surface area contributed by atoms with E-state index in [9.17, 15) is 18.0 Å². The SMILES string of the molecule is CS(=O)(=O)c1ccccc1-c1ccc(NC(=O)C(Cc2ccccc2)NC(=O)Nc2ccc(I)cc2)cc1. The van der Waals surface area contributed by atoms with Gasteiger partial charge in [-0.05, 0) is 76.2 Å². The molecular formula is C29H26IN3O4S. The van der Waals surface area contributed by atoms with E-state index in [1.54, 1.807) is 60.7 Å². The molecule has 0 aliphatic carbocycles. The molecule has 0 saturated carbocycles. The number of carbonyl (C=O) groups excluding carboxylic acids is 2.